The lowest BCUT2D eigenvalue weighted by Gasteiger charge is -2.05. The van der Waals surface area contributed by atoms with Gasteiger partial charge in [-0.05, 0) is 34.5 Å². The molecule has 0 spiro atoms. The summed E-state index contributed by atoms with van der Waals surface area (Å²) < 4.78 is 2.26. The van der Waals surface area contributed by atoms with Crippen LogP contribution in [0.5, 0.6) is 0 Å². The van der Waals surface area contributed by atoms with Crippen molar-refractivity contribution in [3.05, 3.63) is 40.4 Å². The van der Waals surface area contributed by atoms with Gasteiger partial charge in [0.25, 0.3) is 5.91 Å². The molecule has 0 bridgehead atoms. The van der Waals surface area contributed by atoms with E-state index in [-0.39, 0.29) is 5.91 Å². The maximum Gasteiger partial charge on any atom is 0.259 e. The summed E-state index contributed by atoms with van der Waals surface area (Å²) in [6.45, 7) is 1.97. The van der Waals surface area contributed by atoms with E-state index >= 15 is 0 Å². The number of nitrogens with zero attached hydrogens (tertiary/aromatic N) is 3. The number of nitrogens with one attached hydrogen (secondary N) is 1. The van der Waals surface area contributed by atoms with Gasteiger partial charge in [-0.1, -0.05) is 6.92 Å². The lowest BCUT2D eigenvalue weighted by molar-refractivity contribution is 0.102. The number of carbonyl (C=O) groups excluding carboxylic acids is 1. The van der Waals surface area contributed by atoms with Gasteiger partial charge in [0, 0.05) is 19.4 Å². The van der Waals surface area contributed by atoms with Gasteiger partial charge in [-0.15, -0.1) is 0 Å². The van der Waals surface area contributed by atoms with Gasteiger partial charge in [-0.25, -0.2) is 4.98 Å². The third kappa shape index (κ3) is 2.59. The molecule has 2 heterocycles. The Morgan fingerprint density at radius 2 is 2.33 bits per heavy atom. The third-order valence-corrected chi connectivity index (χ3v) is 3.12. The summed E-state index contributed by atoms with van der Waals surface area (Å²) in [5.41, 5.74) is 2.03. The van der Waals surface area contributed by atoms with Crippen LogP contribution < -0.4 is 5.32 Å². The van der Waals surface area contributed by atoms with E-state index in [0.29, 0.717) is 15.9 Å². The number of hydrogen-bond acceptors (Lipinski definition) is 3. The van der Waals surface area contributed by atoms with Crippen LogP contribution >= 0.6 is 15.9 Å². The summed E-state index contributed by atoms with van der Waals surface area (Å²) in [5, 5.41) is 7.06. The first-order valence-corrected chi connectivity index (χ1v) is 6.35. The molecule has 1 amide bonds. The van der Waals surface area contributed by atoms with Crippen molar-refractivity contribution >= 4 is 27.5 Å². The van der Waals surface area contributed by atoms with Crippen molar-refractivity contribution in [1.29, 1.82) is 0 Å². The minimum Gasteiger partial charge on any atom is -0.320 e. The van der Waals surface area contributed by atoms with Gasteiger partial charge in [0.05, 0.1) is 16.9 Å². The summed E-state index contributed by atoms with van der Waals surface area (Å²) in [6, 6.07) is 3.56. The highest BCUT2D eigenvalue weighted by molar-refractivity contribution is 9.10. The number of aryl methyl sites for hydroxylation is 2. The maximum atomic E-state index is 12.1. The molecule has 18 heavy (non-hydrogen) atoms. The van der Waals surface area contributed by atoms with Crippen LogP contribution in [-0.4, -0.2) is 20.7 Å². The standard InChI is InChI=1S/C12H13BrN4O/c1-3-9-8(7-17(2)16-9)12(18)15-10-5-4-6-14-11(10)13/h4-7H,3H2,1-2H3,(H,15,18). The van der Waals surface area contributed by atoms with Crippen LogP contribution in [0, 0.1) is 0 Å². The van der Waals surface area contributed by atoms with Crippen LogP contribution in [0.4, 0.5) is 5.69 Å². The lowest BCUT2D eigenvalue weighted by atomic mass is 10.2. The molecule has 0 saturated heterocycles. The summed E-state index contributed by atoms with van der Waals surface area (Å²) >= 11 is 3.29. The predicted octanol–water partition coefficient (Wildman–Crippen LogP) is 2.39. The van der Waals surface area contributed by atoms with Crippen LogP contribution in [0.15, 0.2) is 29.1 Å². The number of pyridine rings is 1. The summed E-state index contributed by atoms with van der Waals surface area (Å²) in [6.07, 6.45) is 4.09. The Bertz CT molecular complexity index is 579. The van der Waals surface area contributed by atoms with E-state index in [9.17, 15) is 4.79 Å². The van der Waals surface area contributed by atoms with E-state index in [4.69, 9.17) is 0 Å². The monoisotopic (exact) mass is 308 g/mol. The molecular formula is C12H13BrN4O. The van der Waals surface area contributed by atoms with Crippen LogP contribution in [0.25, 0.3) is 0 Å². The first kappa shape index (κ1) is 12.8. The second-order valence-electron chi connectivity index (χ2n) is 3.81. The smallest absolute Gasteiger partial charge is 0.259 e. The fourth-order valence-electron chi connectivity index (χ4n) is 1.65. The molecule has 2 aromatic rings. The molecule has 0 aromatic carbocycles. The van der Waals surface area contributed by atoms with Gasteiger partial charge in [-0.2, -0.15) is 5.10 Å². The van der Waals surface area contributed by atoms with Crippen LogP contribution in [0.1, 0.15) is 23.0 Å². The molecule has 0 radical (unpaired) electrons. The van der Waals surface area contributed by atoms with Crippen molar-refractivity contribution in [3.63, 3.8) is 0 Å². The molecule has 0 fully saturated rings. The average Bonchev–Trinajstić information content (AvgIpc) is 2.73. The molecule has 0 atom stereocenters. The summed E-state index contributed by atoms with van der Waals surface area (Å²) in [4.78, 5) is 16.2. The fraction of sp³-hybridized carbons (Fsp3) is 0.250. The molecule has 0 aliphatic rings. The van der Waals surface area contributed by atoms with Gasteiger partial charge in [-0.3, -0.25) is 9.48 Å². The molecular weight excluding hydrogens is 296 g/mol. The zero-order valence-electron chi connectivity index (χ0n) is 10.1. The van der Waals surface area contributed by atoms with E-state index in [1.54, 1.807) is 36.3 Å². The number of halogens is 1. The third-order valence-electron chi connectivity index (χ3n) is 2.49. The van der Waals surface area contributed by atoms with Gasteiger partial charge in [0.2, 0.25) is 0 Å². The second-order valence-corrected chi connectivity index (χ2v) is 4.56. The molecule has 2 aromatic heterocycles. The largest absolute Gasteiger partial charge is 0.320 e. The zero-order chi connectivity index (χ0) is 13.1. The van der Waals surface area contributed by atoms with Crippen LogP contribution in [0.3, 0.4) is 0 Å². The Kier molecular flexibility index (Phi) is 3.76. The number of aromatic nitrogens is 3. The zero-order valence-corrected chi connectivity index (χ0v) is 11.7. The summed E-state index contributed by atoms with van der Waals surface area (Å²) in [5.74, 6) is -0.173. The normalized spacial score (nSPS) is 10.4. The fourth-order valence-corrected chi connectivity index (χ4v) is 2.00. The Hall–Kier alpha value is -1.69. The second kappa shape index (κ2) is 5.30. The highest BCUT2D eigenvalue weighted by Gasteiger charge is 2.15. The van der Waals surface area contributed by atoms with E-state index in [1.807, 2.05) is 6.92 Å². The van der Waals surface area contributed by atoms with Crippen LogP contribution in [-0.2, 0) is 13.5 Å². The molecule has 0 aliphatic heterocycles. The van der Waals surface area contributed by atoms with Gasteiger partial charge in [0.15, 0.2) is 0 Å². The van der Waals surface area contributed by atoms with Gasteiger partial charge < -0.3 is 5.32 Å². The highest BCUT2D eigenvalue weighted by atomic mass is 79.9. The molecule has 94 valence electrons. The van der Waals surface area contributed by atoms with E-state index in [1.165, 1.54) is 0 Å². The number of anilines is 1. The molecule has 0 unspecified atom stereocenters. The van der Waals surface area contributed by atoms with E-state index in [0.717, 1.165) is 12.1 Å². The Labute approximate surface area is 113 Å². The molecule has 0 aliphatic carbocycles. The Morgan fingerprint density at radius 1 is 1.56 bits per heavy atom. The highest BCUT2D eigenvalue weighted by Crippen LogP contribution is 2.19. The lowest BCUT2D eigenvalue weighted by Crippen LogP contribution is -2.13. The van der Waals surface area contributed by atoms with E-state index in [2.05, 4.69) is 31.3 Å². The quantitative estimate of drug-likeness (QED) is 0.886. The number of carbonyl (C=O) groups is 1. The van der Waals surface area contributed by atoms with E-state index < -0.39 is 0 Å². The van der Waals surface area contributed by atoms with Crippen molar-refractivity contribution < 1.29 is 4.79 Å². The minimum absolute atomic E-state index is 0.173. The van der Waals surface area contributed by atoms with Crippen molar-refractivity contribution in [2.24, 2.45) is 7.05 Å². The molecule has 6 heteroatoms. The predicted molar refractivity (Wildman–Crippen MR) is 72.5 cm³/mol. The van der Waals surface area contributed by atoms with Crippen molar-refractivity contribution in [2.75, 3.05) is 5.32 Å². The number of rotatable bonds is 3. The van der Waals surface area contributed by atoms with Gasteiger partial charge in [0.1, 0.15) is 4.60 Å². The molecule has 1 N–H and O–H groups in total. The number of amides is 1. The van der Waals surface area contributed by atoms with Gasteiger partial charge >= 0.3 is 0 Å². The van der Waals surface area contributed by atoms with Crippen LogP contribution in [0.2, 0.25) is 0 Å². The maximum absolute atomic E-state index is 12.1. The topological polar surface area (TPSA) is 59.8 Å². The number of hydrogen-bond donors (Lipinski definition) is 1. The first-order chi connectivity index (χ1) is 8.61. The summed E-state index contributed by atoms with van der Waals surface area (Å²) in [7, 11) is 1.80. The molecule has 5 nitrogen and oxygen atoms in total. The Balaban J connectivity index is 2.25. The van der Waals surface area contributed by atoms with Crippen molar-refractivity contribution in [1.82, 2.24) is 14.8 Å². The van der Waals surface area contributed by atoms with Crippen molar-refractivity contribution in [3.8, 4) is 0 Å². The average molecular weight is 309 g/mol. The first-order valence-electron chi connectivity index (χ1n) is 5.56. The molecule has 0 saturated carbocycles. The SMILES string of the molecule is CCc1nn(C)cc1C(=O)Nc1cccnc1Br. The molecule has 2 rings (SSSR count). The van der Waals surface area contributed by atoms with Crippen molar-refractivity contribution in [2.45, 2.75) is 13.3 Å². The minimum atomic E-state index is -0.173. The Morgan fingerprint density at radius 3 is 3.00 bits per heavy atom.